The third kappa shape index (κ3) is 4.84. The van der Waals surface area contributed by atoms with Crippen molar-refractivity contribution >= 4 is 0 Å². The van der Waals surface area contributed by atoms with Crippen LogP contribution in [-0.4, -0.2) is 36.1 Å². The Labute approximate surface area is 104 Å². The molecule has 0 atom stereocenters. The molecule has 0 amide bonds. The predicted molar refractivity (Wildman–Crippen MR) is 70.9 cm³/mol. The molecule has 1 aliphatic rings. The van der Waals surface area contributed by atoms with Crippen molar-refractivity contribution in [2.24, 2.45) is 0 Å². The van der Waals surface area contributed by atoms with Gasteiger partial charge in [0.15, 0.2) is 0 Å². The lowest BCUT2D eigenvalue weighted by molar-refractivity contribution is 0.284. The van der Waals surface area contributed by atoms with Gasteiger partial charge in [0, 0.05) is 32.0 Å². The van der Waals surface area contributed by atoms with E-state index in [1.807, 2.05) is 12.4 Å². The molecule has 2 rings (SSSR count). The van der Waals surface area contributed by atoms with Crippen LogP contribution in [0.5, 0.6) is 0 Å². The van der Waals surface area contributed by atoms with Crippen molar-refractivity contribution in [3.05, 3.63) is 30.1 Å². The largest absolute Gasteiger partial charge is 0.311 e. The minimum atomic E-state index is 0.955. The molecule has 1 aromatic heterocycles. The third-order valence-corrected chi connectivity index (χ3v) is 3.38. The molecule has 1 fully saturated rings. The summed E-state index contributed by atoms with van der Waals surface area (Å²) in [7, 11) is 0. The fraction of sp³-hybridized carbons (Fsp3) is 0.643. The zero-order valence-electron chi connectivity index (χ0n) is 10.6. The Balaban J connectivity index is 1.59. The van der Waals surface area contributed by atoms with Crippen LogP contribution in [0.1, 0.15) is 31.2 Å². The van der Waals surface area contributed by atoms with Crippen LogP contribution >= 0.6 is 0 Å². The van der Waals surface area contributed by atoms with Gasteiger partial charge in [0.1, 0.15) is 0 Å². The highest BCUT2D eigenvalue weighted by molar-refractivity contribution is 5.08. The van der Waals surface area contributed by atoms with Gasteiger partial charge >= 0.3 is 0 Å². The number of nitrogens with one attached hydrogen (secondary N) is 1. The fourth-order valence-electron chi connectivity index (χ4n) is 2.33. The molecule has 3 nitrogen and oxygen atoms in total. The first-order valence-corrected chi connectivity index (χ1v) is 6.77. The molecule has 0 bridgehead atoms. The van der Waals surface area contributed by atoms with Gasteiger partial charge in [-0.2, -0.15) is 0 Å². The monoisotopic (exact) mass is 233 g/mol. The van der Waals surface area contributed by atoms with Gasteiger partial charge in [-0.3, -0.25) is 4.98 Å². The van der Waals surface area contributed by atoms with Crippen LogP contribution in [0.2, 0.25) is 0 Å². The third-order valence-electron chi connectivity index (χ3n) is 3.38. The van der Waals surface area contributed by atoms with Gasteiger partial charge in [-0.15, -0.1) is 0 Å². The SMILES string of the molecule is c1cc(CNCCN2CCCCCC2)ccn1. The van der Waals surface area contributed by atoms with Crippen molar-refractivity contribution in [1.82, 2.24) is 15.2 Å². The highest BCUT2D eigenvalue weighted by atomic mass is 15.1. The van der Waals surface area contributed by atoms with Crippen molar-refractivity contribution in [3.8, 4) is 0 Å². The minimum Gasteiger partial charge on any atom is -0.311 e. The van der Waals surface area contributed by atoms with E-state index in [0.29, 0.717) is 0 Å². The standard InChI is InChI=1S/C14H23N3/c1-2-4-11-17(10-3-1)12-9-16-13-14-5-7-15-8-6-14/h5-8,16H,1-4,9-13H2. The lowest BCUT2D eigenvalue weighted by Gasteiger charge is -2.19. The number of hydrogen-bond acceptors (Lipinski definition) is 3. The van der Waals surface area contributed by atoms with Crippen LogP contribution in [0.3, 0.4) is 0 Å². The van der Waals surface area contributed by atoms with E-state index in [4.69, 9.17) is 0 Å². The van der Waals surface area contributed by atoms with E-state index in [1.165, 1.54) is 50.9 Å². The summed E-state index contributed by atoms with van der Waals surface area (Å²) in [6.45, 7) is 5.80. The van der Waals surface area contributed by atoms with Crippen molar-refractivity contribution in [2.75, 3.05) is 26.2 Å². The molecule has 0 aromatic carbocycles. The topological polar surface area (TPSA) is 28.2 Å². The van der Waals surface area contributed by atoms with Crippen molar-refractivity contribution in [3.63, 3.8) is 0 Å². The van der Waals surface area contributed by atoms with Gasteiger partial charge in [-0.05, 0) is 43.6 Å². The van der Waals surface area contributed by atoms with Gasteiger partial charge in [-0.1, -0.05) is 12.8 Å². The second kappa shape index (κ2) is 7.41. The van der Waals surface area contributed by atoms with Crippen LogP contribution in [0.4, 0.5) is 0 Å². The van der Waals surface area contributed by atoms with Gasteiger partial charge in [0.25, 0.3) is 0 Å². The highest BCUT2D eigenvalue weighted by Crippen LogP contribution is 2.08. The number of aromatic nitrogens is 1. The van der Waals surface area contributed by atoms with Crippen LogP contribution in [0, 0.1) is 0 Å². The molecule has 0 radical (unpaired) electrons. The van der Waals surface area contributed by atoms with Crippen LogP contribution in [0.25, 0.3) is 0 Å². The molecule has 2 heterocycles. The molecule has 1 aromatic rings. The van der Waals surface area contributed by atoms with E-state index in [-0.39, 0.29) is 0 Å². The first kappa shape index (κ1) is 12.5. The fourth-order valence-corrected chi connectivity index (χ4v) is 2.33. The maximum absolute atomic E-state index is 4.02. The molecule has 0 unspecified atom stereocenters. The maximum atomic E-state index is 4.02. The second-order valence-corrected chi connectivity index (χ2v) is 4.79. The molecule has 0 spiro atoms. The summed E-state index contributed by atoms with van der Waals surface area (Å²) in [5.41, 5.74) is 1.32. The number of hydrogen-bond donors (Lipinski definition) is 1. The van der Waals surface area contributed by atoms with E-state index in [9.17, 15) is 0 Å². The summed E-state index contributed by atoms with van der Waals surface area (Å²) in [5.74, 6) is 0. The Kier molecular flexibility index (Phi) is 5.46. The summed E-state index contributed by atoms with van der Waals surface area (Å²) in [6.07, 6.45) is 9.30. The summed E-state index contributed by atoms with van der Waals surface area (Å²) >= 11 is 0. The first-order valence-electron chi connectivity index (χ1n) is 6.77. The van der Waals surface area contributed by atoms with Gasteiger partial charge in [0.2, 0.25) is 0 Å². The Bertz CT molecular complexity index is 292. The molecule has 3 heteroatoms. The maximum Gasteiger partial charge on any atom is 0.0271 e. The molecular formula is C14H23N3. The lowest BCUT2D eigenvalue weighted by atomic mass is 10.2. The number of rotatable bonds is 5. The van der Waals surface area contributed by atoms with Gasteiger partial charge in [0.05, 0.1) is 0 Å². The normalized spacial score (nSPS) is 17.9. The number of nitrogens with zero attached hydrogens (tertiary/aromatic N) is 2. The van der Waals surface area contributed by atoms with Gasteiger partial charge < -0.3 is 10.2 Å². The molecular weight excluding hydrogens is 210 g/mol. The number of likely N-dealkylation sites (tertiary alicyclic amines) is 1. The van der Waals surface area contributed by atoms with Crippen LogP contribution < -0.4 is 5.32 Å². The summed E-state index contributed by atoms with van der Waals surface area (Å²) in [4.78, 5) is 6.61. The molecule has 1 aliphatic heterocycles. The quantitative estimate of drug-likeness (QED) is 0.789. The zero-order chi connectivity index (χ0) is 11.8. The molecule has 94 valence electrons. The van der Waals surface area contributed by atoms with Gasteiger partial charge in [-0.25, -0.2) is 0 Å². The number of pyridine rings is 1. The predicted octanol–water partition coefficient (Wildman–Crippen LogP) is 2.05. The molecule has 17 heavy (non-hydrogen) atoms. The van der Waals surface area contributed by atoms with E-state index >= 15 is 0 Å². The van der Waals surface area contributed by atoms with Crippen molar-refractivity contribution in [1.29, 1.82) is 0 Å². The van der Waals surface area contributed by atoms with Crippen LogP contribution in [0.15, 0.2) is 24.5 Å². The molecule has 1 saturated heterocycles. The average molecular weight is 233 g/mol. The molecule has 0 saturated carbocycles. The van der Waals surface area contributed by atoms with Crippen LogP contribution in [-0.2, 0) is 6.54 Å². The average Bonchev–Trinajstić information content (AvgIpc) is 2.65. The Hall–Kier alpha value is -0.930. The second-order valence-electron chi connectivity index (χ2n) is 4.79. The van der Waals surface area contributed by atoms with E-state index in [1.54, 1.807) is 0 Å². The highest BCUT2D eigenvalue weighted by Gasteiger charge is 2.07. The smallest absolute Gasteiger partial charge is 0.0271 e. The summed E-state index contributed by atoms with van der Waals surface area (Å²) < 4.78 is 0. The summed E-state index contributed by atoms with van der Waals surface area (Å²) in [5, 5.41) is 3.50. The Morgan fingerprint density at radius 1 is 1.06 bits per heavy atom. The Morgan fingerprint density at radius 2 is 1.76 bits per heavy atom. The molecule has 0 aliphatic carbocycles. The van der Waals surface area contributed by atoms with E-state index in [2.05, 4.69) is 27.3 Å². The first-order chi connectivity index (χ1) is 8.45. The zero-order valence-corrected chi connectivity index (χ0v) is 10.6. The van der Waals surface area contributed by atoms with Crippen molar-refractivity contribution in [2.45, 2.75) is 32.2 Å². The minimum absolute atomic E-state index is 0.955. The lowest BCUT2D eigenvalue weighted by Crippen LogP contribution is -2.32. The summed E-state index contributed by atoms with van der Waals surface area (Å²) in [6, 6.07) is 4.14. The van der Waals surface area contributed by atoms with Crippen molar-refractivity contribution < 1.29 is 0 Å². The Morgan fingerprint density at radius 3 is 2.47 bits per heavy atom. The molecule has 1 N–H and O–H groups in total. The van der Waals surface area contributed by atoms with E-state index < -0.39 is 0 Å². The van der Waals surface area contributed by atoms with E-state index in [0.717, 1.165) is 13.1 Å².